The number of nitrogens with zero attached hydrogens (tertiary/aromatic N) is 1. The Labute approximate surface area is 164 Å². The van der Waals surface area contributed by atoms with Gasteiger partial charge in [0.1, 0.15) is 0 Å². The van der Waals surface area contributed by atoms with Gasteiger partial charge in [-0.2, -0.15) is 5.26 Å². The van der Waals surface area contributed by atoms with Crippen LogP contribution in [0.2, 0.25) is 0 Å². The number of nitrogens with one attached hydrogen (secondary N) is 2. The van der Waals surface area contributed by atoms with E-state index in [1.807, 2.05) is 37.3 Å². The van der Waals surface area contributed by atoms with Gasteiger partial charge in [-0.1, -0.05) is 37.1 Å². The van der Waals surface area contributed by atoms with Gasteiger partial charge in [0.2, 0.25) is 11.8 Å². The van der Waals surface area contributed by atoms with Crippen LogP contribution in [0, 0.1) is 24.2 Å². The summed E-state index contributed by atoms with van der Waals surface area (Å²) < 4.78 is 0. The summed E-state index contributed by atoms with van der Waals surface area (Å²) in [4.78, 5) is 25.0. The molecule has 28 heavy (non-hydrogen) atoms. The lowest BCUT2D eigenvalue weighted by Gasteiger charge is -2.29. The predicted molar refractivity (Wildman–Crippen MR) is 108 cm³/mol. The van der Waals surface area contributed by atoms with Crippen LogP contribution in [0.25, 0.3) is 0 Å². The first-order valence-corrected chi connectivity index (χ1v) is 9.81. The fourth-order valence-corrected chi connectivity index (χ4v) is 4.41. The van der Waals surface area contributed by atoms with Crippen molar-refractivity contribution in [2.75, 3.05) is 10.6 Å². The maximum absolute atomic E-state index is 12.5. The third-order valence-electron chi connectivity index (χ3n) is 5.97. The molecule has 0 saturated heterocycles. The largest absolute Gasteiger partial charge is 0.326 e. The van der Waals surface area contributed by atoms with Crippen LogP contribution < -0.4 is 10.6 Å². The van der Waals surface area contributed by atoms with E-state index in [0.717, 1.165) is 53.7 Å². The summed E-state index contributed by atoms with van der Waals surface area (Å²) in [5.41, 5.74) is 4.78. The van der Waals surface area contributed by atoms with E-state index in [1.54, 1.807) is 6.07 Å². The minimum Gasteiger partial charge on any atom is -0.326 e. The number of hydrogen-bond donors (Lipinski definition) is 2. The first-order chi connectivity index (χ1) is 13.6. The van der Waals surface area contributed by atoms with Gasteiger partial charge in [0.05, 0.1) is 11.6 Å². The van der Waals surface area contributed by atoms with E-state index < -0.39 is 0 Å². The molecule has 0 radical (unpaired) electrons. The Hall–Kier alpha value is -3.13. The molecule has 1 fully saturated rings. The molecule has 1 aliphatic heterocycles. The molecule has 4 rings (SSSR count). The van der Waals surface area contributed by atoms with Crippen LogP contribution in [-0.2, 0) is 9.59 Å². The van der Waals surface area contributed by atoms with Crippen molar-refractivity contribution in [2.24, 2.45) is 5.92 Å². The van der Waals surface area contributed by atoms with E-state index in [0.29, 0.717) is 12.0 Å². The highest BCUT2D eigenvalue weighted by molar-refractivity contribution is 5.99. The molecule has 2 aromatic carbocycles. The smallest absolute Gasteiger partial charge is 0.227 e. The Morgan fingerprint density at radius 3 is 2.64 bits per heavy atom. The highest BCUT2D eigenvalue weighted by Gasteiger charge is 2.30. The van der Waals surface area contributed by atoms with Gasteiger partial charge in [-0.25, -0.2) is 0 Å². The summed E-state index contributed by atoms with van der Waals surface area (Å²) >= 11 is 0. The van der Waals surface area contributed by atoms with Crippen molar-refractivity contribution in [2.45, 2.75) is 44.9 Å². The van der Waals surface area contributed by atoms with E-state index in [-0.39, 0.29) is 23.7 Å². The van der Waals surface area contributed by atoms with Crippen molar-refractivity contribution in [3.8, 4) is 6.07 Å². The molecular formula is C23H23N3O2. The zero-order valence-electron chi connectivity index (χ0n) is 15.9. The van der Waals surface area contributed by atoms with Gasteiger partial charge in [-0.3, -0.25) is 9.59 Å². The molecule has 0 unspecified atom stereocenters. The number of anilines is 2. The van der Waals surface area contributed by atoms with Crippen LogP contribution in [-0.4, -0.2) is 11.8 Å². The lowest BCUT2D eigenvalue weighted by atomic mass is 9.81. The van der Waals surface area contributed by atoms with Crippen molar-refractivity contribution in [1.82, 2.24) is 0 Å². The van der Waals surface area contributed by atoms with E-state index in [1.165, 1.54) is 0 Å². The zero-order valence-corrected chi connectivity index (χ0v) is 15.9. The third-order valence-corrected chi connectivity index (χ3v) is 5.97. The SMILES string of the molecule is Cc1c(NC(=O)C2CCCC2)ccc2c1NC(=O)C[C@H]2c1ccccc1C#N. The van der Waals surface area contributed by atoms with Crippen LogP contribution in [0.3, 0.4) is 0 Å². The van der Waals surface area contributed by atoms with Gasteiger partial charge in [0, 0.05) is 29.6 Å². The molecule has 0 bridgehead atoms. The normalized spacial score (nSPS) is 18.9. The van der Waals surface area contributed by atoms with Crippen LogP contribution in [0.15, 0.2) is 36.4 Å². The minimum atomic E-state index is -0.169. The average molecular weight is 373 g/mol. The molecule has 1 saturated carbocycles. The Morgan fingerprint density at radius 1 is 1.14 bits per heavy atom. The van der Waals surface area contributed by atoms with Gasteiger partial charge in [0.15, 0.2) is 0 Å². The highest BCUT2D eigenvalue weighted by atomic mass is 16.2. The number of rotatable bonds is 3. The summed E-state index contributed by atoms with van der Waals surface area (Å²) in [5.74, 6) is -0.0974. The van der Waals surface area contributed by atoms with E-state index >= 15 is 0 Å². The van der Waals surface area contributed by atoms with Crippen molar-refractivity contribution in [3.05, 3.63) is 58.7 Å². The number of fused-ring (bicyclic) bond motifs is 1. The Kier molecular flexibility index (Phi) is 4.87. The molecule has 1 aliphatic carbocycles. The molecule has 2 aliphatic rings. The second-order valence-electron chi connectivity index (χ2n) is 7.68. The number of hydrogen-bond acceptors (Lipinski definition) is 3. The summed E-state index contributed by atoms with van der Waals surface area (Å²) in [7, 11) is 0. The molecule has 2 aromatic rings. The summed E-state index contributed by atoms with van der Waals surface area (Å²) in [5, 5.41) is 15.5. The standard InChI is InChI=1S/C23H23N3O2/c1-14-20(25-23(28)15-6-2-3-7-15)11-10-18-19(12-21(27)26-22(14)18)17-9-5-4-8-16(17)13-24/h4-5,8-11,15,19H,2-3,6-7,12H2,1H3,(H,25,28)(H,26,27)/t19-/m0/s1. The zero-order chi connectivity index (χ0) is 19.7. The molecule has 2 N–H and O–H groups in total. The molecule has 1 heterocycles. The van der Waals surface area contributed by atoms with Crippen molar-refractivity contribution in [1.29, 1.82) is 5.26 Å². The number of benzene rings is 2. The maximum atomic E-state index is 12.5. The topological polar surface area (TPSA) is 82.0 Å². The maximum Gasteiger partial charge on any atom is 0.227 e. The molecule has 142 valence electrons. The van der Waals surface area contributed by atoms with E-state index in [4.69, 9.17) is 0 Å². The lowest BCUT2D eigenvalue weighted by molar-refractivity contribution is -0.119. The van der Waals surface area contributed by atoms with Crippen molar-refractivity contribution >= 4 is 23.2 Å². The van der Waals surface area contributed by atoms with Crippen LogP contribution >= 0.6 is 0 Å². The molecule has 5 heteroatoms. The second-order valence-corrected chi connectivity index (χ2v) is 7.68. The van der Waals surface area contributed by atoms with Gasteiger partial charge >= 0.3 is 0 Å². The molecule has 0 spiro atoms. The summed E-state index contributed by atoms with van der Waals surface area (Å²) in [6.45, 7) is 1.92. The van der Waals surface area contributed by atoms with Crippen molar-refractivity contribution in [3.63, 3.8) is 0 Å². The first-order valence-electron chi connectivity index (χ1n) is 9.81. The van der Waals surface area contributed by atoms with Crippen LogP contribution in [0.5, 0.6) is 0 Å². The molecule has 2 amide bonds. The molecule has 0 aromatic heterocycles. The van der Waals surface area contributed by atoms with Gasteiger partial charge in [0.25, 0.3) is 0 Å². The highest BCUT2D eigenvalue weighted by Crippen LogP contribution is 2.42. The third kappa shape index (κ3) is 3.27. The summed E-state index contributed by atoms with van der Waals surface area (Å²) in [6, 6.07) is 13.5. The fraction of sp³-hybridized carbons (Fsp3) is 0.348. The van der Waals surface area contributed by atoms with Crippen LogP contribution in [0.1, 0.15) is 60.3 Å². The predicted octanol–water partition coefficient (Wildman–Crippen LogP) is 4.47. The average Bonchev–Trinajstić information content (AvgIpc) is 3.25. The molecule has 5 nitrogen and oxygen atoms in total. The van der Waals surface area contributed by atoms with E-state index in [9.17, 15) is 14.9 Å². The second kappa shape index (κ2) is 7.47. The van der Waals surface area contributed by atoms with Gasteiger partial charge in [-0.15, -0.1) is 0 Å². The molecular weight excluding hydrogens is 350 g/mol. The van der Waals surface area contributed by atoms with Gasteiger partial charge < -0.3 is 10.6 Å². The quantitative estimate of drug-likeness (QED) is 0.833. The number of carbonyl (C=O) groups is 2. The summed E-state index contributed by atoms with van der Waals surface area (Å²) in [6.07, 6.45) is 4.41. The van der Waals surface area contributed by atoms with E-state index in [2.05, 4.69) is 16.7 Å². The number of amides is 2. The van der Waals surface area contributed by atoms with Crippen LogP contribution in [0.4, 0.5) is 11.4 Å². The van der Waals surface area contributed by atoms with Crippen molar-refractivity contribution < 1.29 is 9.59 Å². The number of carbonyl (C=O) groups excluding carboxylic acids is 2. The minimum absolute atomic E-state index is 0.0639. The Morgan fingerprint density at radius 2 is 1.89 bits per heavy atom. The first kappa shape index (κ1) is 18.2. The van der Waals surface area contributed by atoms with Gasteiger partial charge in [-0.05, 0) is 48.6 Å². The number of nitriles is 1. The lowest BCUT2D eigenvalue weighted by Crippen LogP contribution is -2.26. The molecule has 1 atom stereocenters. The monoisotopic (exact) mass is 373 g/mol. The fourth-order valence-electron chi connectivity index (χ4n) is 4.41. The Balaban J connectivity index is 1.70. The Bertz CT molecular complexity index is 984.